The molecular weight excluding hydrogens is 564 g/mol. The third-order valence-corrected chi connectivity index (χ3v) is 9.45. The molecule has 3 heterocycles. The summed E-state index contributed by atoms with van der Waals surface area (Å²) < 4.78 is 8.48. The summed E-state index contributed by atoms with van der Waals surface area (Å²) in [6.45, 7) is 8.51. The average molecular weight is 607 g/mol. The fourth-order valence-electron chi connectivity index (χ4n) is 7.13. The fourth-order valence-corrected chi connectivity index (χ4v) is 7.13. The predicted octanol–water partition coefficient (Wildman–Crippen LogP) is 9.35. The smallest absolute Gasteiger partial charge is 0.138 e. The molecule has 0 aliphatic carbocycles. The molecule has 6 aromatic rings. The summed E-state index contributed by atoms with van der Waals surface area (Å²) in [6, 6.07) is 43.0. The van der Waals surface area contributed by atoms with Crippen LogP contribution in [0.4, 0.5) is 5.82 Å². The van der Waals surface area contributed by atoms with E-state index in [1.165, 1.54) is 19.3 Å². The second-order valence-electron chi connectivity index (χ2n) is 12.7. The van der Waals surface area contributed by atoms with Gasteiger partial charge in [0, 0.05) is 30.2 Å². The van der Waals surface area contributed by atoms with E-state index in [4.69, 9.17) is 14.8 Å². The predicted molar refractivity (Wildman–Crippen MR) is 189 cm³/mol. The van der Waals surface area contributed by atoms with Crippen LogP contribution in [0.25, 0.3) is 22.2 Å². The third kappa shape index (κ3) is 5.44. The van der Waals surface area contributed by atoms with Crippen molar-refractivity contribution in [1.82, 2.24) is 14.8 Å². The van der Waals surface area contributed by atoms with Crippen molar-refractivity contribution in [2.24, 2.45) is 5.92 Å². The molecule has 0 atom stereocenters. The van der Waals surface area contributed by atoms with E-state index >= 15 is 0 Å². The van der Waals surface area contributed by atoms with Crippen LogP contribution in [0.3, 0.4) is 0 Å². The van der Waals surface area contributed by atoms with Crippen molar-refractivity contribution in [2.75, 3.05) is 18.0 Å². The maximum atomic E-state index is 6.24. The Morgan fingerprint density at radius 1 is 0.761 bits per heavy atom. The molecule has 1 aliphatic rings. The molecule has 1 fully saturated rings. The van der Waals surface area contributed by atoms with E-state index in [0.29, 0.717) is 0 Å². The largest absolute Gasteiger partial charge is 0.491 e. The fraction of sp³-hybridized carbons (Fsp3) is 0.268. The first-order chi connectivity index (χ1) is 22.6. The number of ether oxygens (including phenoxy) is 1. The molecule has 1 aliphatic heterocycles. The van der Waals surface area contributed by atoms with Crippen molar-refractivity contribution >= 4 is 16.7 Å². The van der Waals surface area contributed by atoms with E-state index in [-0.39, 0.29) is 6.10 Å². The summed E-state index contributed by atoms with van der Waals surface area (Å²) in [5, 5.41) is 6.66. The lowest BCUT2D eigenvalue weighted by Gasteiger charge is -2.37. The van der Waals surface area contributed by atoms with Gasteiger partial charge in [-0.2, -0.15) is 5.10 Å². The van der Waals surface area contributed by atoms with Crippen LogP contribution in [0.5, 0.6) is 5.75 Å². The Morgan fingerprint density at radius 3 is 1.89 bits per heavy atom. The topological polar surface area (TPSA) is 43.2 Å². The summed E-state index contributed by atoms with van der Waals surface area (Å²) >= 11 is 0. The van der Waals surface area contributed by atoms with Crippen molar-refractivity contribution in [3.63, 3.8) is 0 Å². The van der Waals surface area contributed by atoms with Gasteiger partial charge in [0.2, 0.25) is 0 Å². The van der Waals surface area contributed by atoms with Gasteiger partial charge in [-0.15, -0.1) is 0 Å². The van der Waals surface area contributed by atoms with Crippen LogP contribution in [0.15, 0.2) is 128 Å². The Morgan fingerprint density at radius 2 is 1.35 bits per heavy atom. The number of nitrogens with zero attached hydrogens (tertiary/aromatic N) is 4. The Kier molecular flexibility index (Phi) is 8.32. The number of anilines is 1. The van der Waals surface area contributed by atoms with Crippen molar-refractivity contribution in [3.8, 4) is 17.0 Å². The number of pyridine rings is 1. The maximum absolute atomic E-state index is 6.24. The normalized spacial score (nSPS) is 14.2. The molecule has 4 aromatic carbocycles. The lowest BCUT2D eigenvalue weighted by molar-refractivity contribution is 0.243. The Balaban J connectivity index is 1.50. The van der Waals surface area contributed by atoms with E-state index in [2.05, 4.69) is 152 Å². The number of rotatable bonds is 9. The van der Waals surface area contributed by atoms with Crippen molar-refractivity contribution in [3.05, 3.63) is 144 Å². The summed E-state index contributed by atoms with van der Waals surface area (Å²) in [5.41, 5.74) is 5.68. The Labute approximate surface area is 272 Å². The van der Waals surface area contributed by atoms with Crippen molar-refractivity contribution in [1.29, 1.82) is 0 Å². The van der Waals surface area contributed by atoms with Crippen LogP contribution in [0.1, 0.15) is 56.7 Å². The molecule has 0 amide bonds. The van der Waals surface area contributed by atoms with Crippen molar-refractivity contribution in [2.45, 2.75) is 51.7 Å². The molecule has 0 unspecified atom stereocenters. The average Bonchev–Trinajstić information content (AvgIpc) is 3.49. The monoisotopic (exact) mass is 606 g/mol. The highest BCUT2D eigenvalue weighted by molar-refractivity contribution is 5.95. The van der Waals surface area contributed by atoms with Crippen LogP contribution >= 0.6 is 0 Å². The highest BCUT2D eigenvalue weighted by Gasteiger charge is 2.41. The SMILES string of the molecule is CCC1CCN(c2cc(-c3nn(C(c4ccccc4)(c4ccccc4)c4ccccc4)c4ccc(OC(C)C)cc34)ccn2)CC1. The molecule has 0 radical (unpaired) electrons. The van der Waals surface area contributed by atoms with Gasteiger partial charge in [-0.25, -0.2) is 9.67 Å². The minimum absolute atomic E-state index is 0.0616. The zero-order chi connectivity index (χ0) is 31.5. The number of hydrogen-bond donors (Lipinski definition) is 0. The summed E-state index contributed by atoms with van der Waals surface area (Å²) in [4.78, 5) is 7.28. The molecule has 1 saturated heterocycles. The van der Waals surface area contributed by atoms with Gasteiger partial charge in [-0.3, -0.25) is 0 Å². The molecule has 7 rings (SSSR count). The van der Waals surface area contributed by atoms with Gasteiger partial charge in [0.05, 0.1) is 11.6 Å². The van der Waals surface area contributed by atoms with E-state index in [0.717, 1.165) is 69.4 Å². The Hall–Kier alpha value is -4.90. The minimum atomic E-state index is -0.738. The zero-order valence-corrected chi connectivity index (χ0v) is 27.0. The number of fused-ring (bicyclic) bond motifs is 1. The van der Waals surface area contributed by atoms with Gasteiger partial charge in [-0.1, -0.05) is 104 Å². The van der Waals surface area contributed by atoms with E-state index in [1.807, 2.05) is 6.20 Å². The molecule has 232 valence electrons. The lowest BCUT2D eigenvalue weighted by Crippen LogP contribution is -2.38. The standard InChI is InChI=1S/C41H42N4O/c1-4-31-23-26-44(27-24-31)39-28-32(22-25-42-39)40-37-29-36(46-30(2)3)20-21-38(37)45(43-40)41(33-14-8-5-9-15-33,34-16-10-6-11-17-34)35-18-12-7-13-19-35/h5-22,25,28-31H,4,23-24,26-27H2,1-3H3. The molecule has 0 bridgehead atoms. The molecule has 0 saturated carbocycles. The first-order valence-electron chi connectivity index (χ1n) is 16.7. The van der Waals surface area contributed by atoms with Crippen LogP contribution in [0, 0.1) is 5.92 Å². The first-order valence-corrected chi connectivity index (χ1v) is 16.7. The van der Waals surface area contributed by atoms with E-state index in [9.17, 15) is 0 Å². The number of aromatic nitrogens is 3. The van der Waals surface area contributed by atoms with E-state index < -0.39 is 5.54 Å². The van der Waals surface area contributed by atoms with Gasteiger partial charge in [0.25, 0.3) is 0 Å². The zero-order valence-electron chi connectivity index (χ0n) is 27.0. The van der Waals surface area contributed by atoms with Gasteiger partial charge >= 0.3 is 0 Å². The molecule has 0 N–H and O–H groups in total. The highest BCUT2D eigenvalue weighted by Crippen LogP contribution is 2.44. The van der Waals surface area contributed by atoms with Gasteiger partial charge in [0.1, 0.15) is 22.8 Å². The molecular formula is C41H42N4O. The van der Waals surface area contributed by atoms with E-state index in [1.54, 1.807) is 0 Å². The summed E-state index contributed by atoms with van der Waals surface area (Å²) in [7, 11) is 0. The number of hydrogen-bond acceptors (Lipinski definition) is 4. The molecule has 46 heavy (non-hydrogen) atoms. The van der Waals surface area contributed by atoms with Gasteiger partial charge in [0.15, 0.2) is 0 Å². The molecule has 5 nitrogen and oxygen atoms in total. The highest BCUT2D eigenvalue weighted by atomic mass is 16.5. The van der Waals surface area contributed by atoms with Gasteiger partial charge in [-0.05, 0) is 79.6 Å². The van der Waals surface area contributed by atoms with Crippen LogP contribution in [0.2, 0.25) is 0 Å². The second kappa shape index (κ2) is 12.8. The molecule has 2 aromatic heterocycles. The summed E-state index contributed by atoms with van der Waals surface area (Å²) in [6.07, 6.45) is 5.67. The number of piperidine rings is 1. The summed E-state index contributed by atoms with van der Waals surface area (Å²) in [5.74, 6) is 2.66. The molecule has 0 spiro atoms. The van der Waals surface area contributed by atoms with Crippen molar-refractivity contribution < 1.29 is 4.74 Å². The number of benzene rings is 4. The second-order valence-corrected chi connectivity index (χ2v) is 12.7. The third-order valence-electron chi connectivity index (χ3n) is 9.45. The Bertz CT molecular complexity index is 1790. The van der Waals surface area contributed by atoms with Gasteiger partial charge < -0.3 is 9.64 Å². The minimum Gasteiger partial charge on any atom is -0.491 e. The van der Waals surface area contributed by atoms with Crippen LogP contribution in [-0.4, -0.2) is 34.0 Å². The van der Waals surface area contributed by atoms with Crippen LogP contribution < -0.4 is 9.64 Å². The molecule has 5 heteroatoms. The van der Waals surface area contributed by atoms with Crippen LogP contribution in [-0.2, 0) is 5.54 Å². The maximum Gasteiger partial charge on any atom is 0.138 e. The first kappa shape index (κ1) is 29.8. The lowest BCUT2D eigenvalue weighted by atomic mass is 9.77. The quantitative estimate of drug-likeness (QED) is 0.154.